The standard InChI is InChI=1S/C28H29ClF3NO8S2/c1-27(2,3)40-26(35)33(18-25(34)20-5-4-6-21(29)17-20)16-15-19-7-11-23(12-8-19)42(36,37)24-13-9-22(10-14-24)41-43(38,39)28(30,31)32/h4-14,17,25,34H,15-16,18H2,1-3H3/t25-/m1/s1. The highest BCUT2D eigenvalue weighted by Gasteiger charge is 2.48. The maximum atomic E-state index is 13.0. The summed E-state index contributed by atoms with van der Waals surface area (Å²) < 4.78 is 95.5. The Labute approximate surface area is 252 Å². The average molecular weight is 664 g/mol. The number of aliphatic hydroxyl groups is 1. The van der Waals surface area contributed by atoms with Gasteiger partial charge in [0.2, 0.25) is 9.84 Å². The highest BCUT2D eigenvalue weighted by Crippen LogP contribution is 2.29. The first-order chi connectivity index (χ1) is 19.8. The van der Waals surface area contributed by atoms with Crippen molar-refractivity contribution in [2.45, 2.75) is 54.2 Å². The first-order valence-corrected chi connectivity index (χ1v) is 15.9. The second-order valence-electron chi connectivity index (χ2n) is 10.3. The Morgan fingerprint density at radius 2 is 1.49 bits per heavy atom. The van der Waals surface area contributed by atoms with Crippen molar-refractivity contribution in [3.05, 3.63) is 88.9 Å². The molecule has 0 bridgehead atoms. The zero-order valence-electron chi connectivity index (χ0n) is 23.2. The molecule has 3 aromatic rings. The van der Waals surface area contributed by atoms with Crippen LogP contribution in [0.2, 0.25) is 5.02 Å². The number of carbonyl (C=O) groups excluding carboxylic acids is 1. The van der Waals surface area contributed by atoms with E-state index in [0.717, 1.165) is 24.3 Å². The number of hydrogen-bond donors (Lipinski definition) is 1. The van der Waals surface area contributed by atoms with Crippen molar-refractivity contribution in [3.8, 4) is 5.75 Å². The van der Waals surface area contributed by atoms with Crippen molar-refractivity contribution in [1.82, 2.24) is 4.90 Å². The fourth-order valence-electron chi connectivity index (χ4n) is 3.70. The van der Waals surface area contributed by atoms with Gasteiger partial charge in [-0.15, -0.1) is 0 Å². The van der Waals surface area contributed by atoms with Gasteiger partial charge >= 0.3 is 21.7 Å². The zero-order chi connectivity index (χ0) is 32.2. The maximum Gasteiger partial charge on any atom is 0.534 e. The lowest BCUT2D eigenvalue weighted by Gasteiger charge is -2.29. The minimum atomic E-state index is -5.91. The van der Waals surface area contributed by atoms with Gasteiger partial charge in [-0.1, -0.05) is 35.9 Å². The van der Waals surface area contributed by atoms with Crippen molar-refractivity contribution < 1.29 is 48.8 Å². The molecule has 0 radical (unpaired) electrons. The number of amides is 1. The van der Waals surface area contributed by atoms with Gasteiger partial charge in [-0.3, -0.25) is 0 Å². The Balaban J connectivity index is 1.73. The summed E-state index contributed by atoms with van der Waals surface area (Å²) in [5.41, 5.74) is -5.26. The van der Waals surface area contributed by atoms with Crippen LogP contribution in [0.1, 0.15) is 38.0 Å². The van der Waals surface area contributed by atoms with Crippen LogP contribution in [-0.4, -0.2) is 57.1 Å². The monoisotopic (exact) mass is 663 g/mol. The number of aliphatic hydroxyl groups excluding tert-OH is 1. The molecule has 0 aromatic heterocycles. The zero-order valence-corrected chi connectivity index (χ0v) is 25.6. The molecule has 0 unspecified atom stereocenters. The van der Waals surface area contributed by atoms with Gasteiger partial charge in [0.15, 0.2) is 0 Å². The number of hydrogen-bond acceptors (Lipinski definition) is 8. The van der Waals surface area contributed by atoms with Crippen LogP contribution in [0.25, 0.3) is 0 Å². The molecular weight excluding hydrogens is 635 g/mol. The van der Waals surface area contributed by atoms with E-state index in [2.05, 4.69) is 4.18 Å². The van der Waals surface area contributed by atoms with E-state index in [9.17, 15) is 39.9 Å². The molecule has 0 fully saturated rings. The molecule has 0 spiro atoms. The second-order valence-corrected chi connectivity index (χ2v) is 14.3. The summed E-state index contributed by atoms with van der Waals surface area (Å²) in [5, 5.41) is 11.2. The quantitative estimate of drug-likeness (QED) is 0.209. The van der Waals surface area contributed by atoms with E-state index in [1.165, 1.54) is 29.2 Å². The Bertz CT molecular complexity index is 1640. The fourth-order valence-corrected chi connectivity index (χ4v) is 5.61. The third-order valence-electron chi connectivity index (χ3n) is 5.81. The van der Waals surface area contributed by atoms with Gasteiger partial charge in [-0.2, -0.15) is 21.6 Å². The molecule has 15 heteroatoms. The van der Waals surface area contributed by atoms with E-state index in [0.29, 0.717) is 16.1 Å². The molecule has 1 N–H and O–H groups in total. The van der Waals surface area contributed by atoms with Crippen LogP contribution >= 0.6 is 11.6 Å². The number of ether oxygens (including phenoxy) is 1. The molecule has 0 saturated heterocycles. The lowest BCUT2D eigenvalue weighted by atomic mass is 10.1. The molecular formula is C28H29ClF3NO8S2. The highest BCUT2D eigenvalue weighted by molar-refractivity contribution is 7.91. The summed E-state index contributed by atoms with van der Waals surface area (Å²) in [6.07, 6.45) is -1.42. The Hall–Kier alpha value is -3.33. The van der Waals surface area contributed by atoms with E-state index in [1.54, 1.807) is 45.0 Å². The summed E-state index contributed by atoms with van der Waals surface area (Å²) >= 11 is 6.02. The van der Waals surface area contributed by atoms with E-state index in [-0.39, 0.29) is 29.3 Å². The van der Waals surface area contributed by atoms with Crippen molar-refractivity contribution in [2.24, 2.45) is 0 Å². The second kappa shape index (κ2) is 13.1. The first kappa shape index (κ1) is 34.2. The minimum absolute atomic E-state index is 0.0916. The molecule has 0 aliphatic heterocycles. The minimum Gasteiger partial charge on any atom is -0.444 e. The Morgan fingerprint density at radius 1 is 0.930 bits per heavy atom. The van der Waals surface area contributed by atoms with E-state index >= 15 is 0 Å². The lowest BCUT2D eigenvalue weighted by molar-refractivity contribution is -0.0500. The molecule has 0 heterocycles. The van der Waals surface area contributed by atoms with Crippen LogP contribution in [0.5, 0.6) is 5.75 Å². The predicted octanol–water partition coefficient (Wildman–Crippen LogP) is 5.91. The molecule has 3 rings (SSSR count). The molecule has 0 saturated carbocycles. The van der Waals surface area contributed by atoms with Crippen LogP contribution < -0.4 is 4.18 Å². The Morgan fingerprint density at radius 3 is 2.00 bits per heavy atom. The van der Waals surface area contributed by atoms with Crippen molar-refractivity contribution >= 4 is 37.6 Å². The number of carbonyl (C=O) groups is 1. The smallest absolute Gasteiger partial charge is 0.444 e. The molecule has 9 nitrogen and oxygen atoms in total. The number of benzene rings is 3. The van der Waals surface area contributed by atoms with Crippen molar-refractivity contribution in [2.75, 3.05) is 13.1 Å². The maximum absolute atomic E-state index is 13.0. The van der Waals surface area contributed by atoms with Gasteiger partial charge in [0.1, 0.15) is 11.4 Å². The normalized spacial score (nSPS) is 13.3. The largest absolute Gasteiger partial charge is 0.534 e. The van der Waals surface area contributed by atoms with Gasteiger partial charge in [0, 0.05) is 11.6 Å². The summed E-state index contributed by atoms with van der Waals surface area (Å²) in [6.45, 7) is 5.16. The molecule has 0 aliphatic carbocycles. The van der Waals surface area contributed by atoms with Crippen LogP contribution in [0.15, 0.2) is 82.6 Å². The summed E-state index contributed by atoms with van der Waals surface area (Å²) in [5.74, 6) is -0.707. The summed E-state index contributed by atoms with van der Waals surface area (Å²) in [6, 6.07) is 15.7. The molecule has 1 amide bonds. The van der Waals surface area contributed by atoms with Crippen LogP contribution in [0.3, 0.4) is 0 Å². The third kappa shape index (κ3) is 9.33. The SMILES string of the molecule is CC(C)(C)OC(=O)N(CCc1ccc(S(=O)(=O)c2ccc(OS(=O)(=O)C(F)(F)F)cc2)cc1)C[C@@H](O)c1cccc(Cl)c1. The van der Waals surface area contributed by atoms with Crippen LogP contribution in [0, 0.1) is 0 Å². The topological polar surface area (TPSA) is 127 Å². The summed E-state index contributed by atoms with van der Waals surface area (Å²) in [4.78, 5) is 13.8. The lowest BCUT2D eigenvalue weighted by Crippen LogP contribution is -2.40. The molecule has 3 aromatic carbocycles. The molecule has 0 aliphatic rings. The van der Waals surface area contributed by atoms with Crippen LogP contribution in [0.4, 0.5) is 18.0 Å². The highest BCUT2D eigenvalue weighted by atomic mass is 35.5. The molecule has 43 heavy (non-hydrogen) atoms. The van der Waals surface area contributed by atoms with E-state index in [1.807, 2.05) is 0 Å². The van der Waals surface area contributed by atoms with Crippen molar-refractivity contribution in [1.29, 1.82) is 0 Å². The van der Waals surface area contributed by atoms with E-state index in [4.69, 9.17) is 16.3 Å². The summed E-state index contributed by atoms with van der Waals surface area (Å²) in [7, 11) is -10.0. The Kier molecular flexibility index (Phi) is 10.4. The van der Waals surface area contributed by atoms with Gasteiger partial charge in [0.05, 0.1) is 22.4 Å². The number of halogens is 4. The number of nitrogens with zero attached hydrogens (tertiary/aromatic N) is 1. The molecule has 1 atom stereocenters. The van der Waals surface area contributed by atoms with Gasteiger partial charge < -0.3 is 18.9 Å². The van der Waals surface area contributed by atoms with Gasteiger partial charge in [-0.05, 0) is 86.8 Å². The van der Waals surface area contributed by atoms with Crippen molar-refractivity contribution in [3.63, 3.8) is 0 Å². The van der Waals surface area contributed by atoms with Crippen LogP contribution in [-0.2, 0) is 31.1 Å². The average Bonchev–Trinajstić information content (AvgIpc) is 2.89. The molecule has 234 valence electrons. The van der Waals surface area contributed by atoms with Gasteiger partial charge in [-0.25, -0.2) is 13.2 Å². The number of rotatable bonds is 10. The fraction of sp³-hybridized carbons (Fsp3) is 0.321. The van der Waals surface area contributed by atoms with E-state index < -0.39 is 49.0 Å². The number of alkyl halides is 3. The van der Waals surface area contributed by atoms with Gasteiger partial charge in [0.25, 0.3) is 0 Å². The first-order valence-electron chi connectivity index (χ1n) is 12.6. The number of sulfone groups is 1. The third-order valence-corrected chi connectivity index (χ3v) is 8.81. The predicted molar refractivity (Wildman–Crippen MR) is 152 cm³/mol.